The standard InChI is InChI=1S/C8H7BrF2OS/c1-8(10,11)4-6(12)7-5(9)2-3-13-7/h2-3H,4H2,1H3. The van der Waals surface area contributed by atoms with E-state index in [2.05, 4.69) is 15.9 Å². The highest BCUT2D eigenvalue weighted by Crippen LogP contribution is 2.27. The summed E-state index contributed by atoms with van der Waals surface area (Å²) in [5.74, 6) is -3.45. The molecule has 0 amide bonds. The molecule has 1 nitrogen and oxygen atoms in total. The third kappa shape index (κ3) is 3.15. The molecular weight excluding hydrogens is 262 g/mol. The van der Waals surface area contributed by atoms with E-state index in [-0.39, 0.29) is 0 Å². The fourth-order valence-corrected chi connectivity index (χ4v) is 2.39. The minimum Gasteiger partial charge on any atom is -0.293 e. The predicted octanol–water partition coefficient (Wildman–Crippen LogP) is 3.74. The Labute approximate surface area is 86.9 Å². The second kappa shape index (κ2) is 3.84. The minimum atomic E-state index is -2.93. The van der Waals surface area contributed by atoms with Crippen molar-refractivity contribution < 1.29 is 13.6 Å². The number of hydrogen-bond donors (Lipinski definition) is 0. The summed E-state index contributed by atoms with van der Waals surface area (Å²) in [4.78, 5) is 11.6. The van der Waals surface area contributed by atoms with Gasteiger partial charge in [0.1, 0.15) is 0 Å². The van der Waals surface area contributed by atoms with E-state index < -0.39 is 18.1 Å². The maximum Gasteiger partial charge on any atom is 0.252 e. The lowest BCUT2D eigenvalue weighted by atomic mass is 10.1. The molecule has 0 unspecified atom stereocenters. The van der Waals surface area contributed by atoms with Gasteiger partial charge in [0.2, 0.25) is 0 Å². The molecule has 0 N–H and O–H groups in total. The van der Waals surface area contributed by atoms with Crippen LogP contribution in [-0.2, 0) is 0 Å². The van der Waals surface area contributed by atoms with Crippen molar-refractivity contribution in [3.63, 3.8) is 0 Å². The predicted molar refractivity (Wildman–Crippen MR) is 51.6 cm³/mol. The number of hydrogen-bond acceptors (Lipinski definition) is 2. The molecule has 0 aliphatic rings. The van der Waals surface area contributed by atoms with Gasteiger partial charge in [0.15, 0.2) is 5.78 Å². The first-order valence-electron chi connectivity index (χ1n) is 3.54. The van der Waals surface area contributed by atoms with Crippen LogP contribution in [0.4, 0.5) is 8.78 Å². The highest BCUT2D eigenvalue weighted by molar-refractivity contribution is 9.10. The Bertz CT molecular complexity index is 316. The van der Waals surface area contributed by atoms with Crippen LogP contribution in [-0.4, -0.2) is 11.7 Å². The Balaban J connectivity index is 2.76. The largest absolute Gasteiger partial charge is 0.293 e. The van der Waals surface area contributed by atoms with Crippen LogP contribution in [0.15, 0.2) is 15.9 Å². The lowest BCUT2D eigenvalue weighted by molar-refractivity contribution is 0.0157. The average Bonchev–Trinajstić information content (AvgIpc) is 2.30. The molecule has 72 valence electrons. The Morgan fingerprint density at radius 2 is 2.31 bits per heavy atom. The molecule has 0 aliphatic carbocycles. The van der Waals surface area contributed by atoms with Gasteiger partial charge in [-0.3, -0.25) is 4.79 Å². The quantitative estimate of drug-likeness (QED) is 0.764. The van der Waals surface area contributed by atoms with E-state index >= 15 is 0 Å². The van der Waals surface area contributed by atoms with Crippen LogP contribution in [0.1, 0.15) is 23.0 Å². The van der Waals surface area contributed by atoms with E-state index in [0.29, 0.717) is 9.35 Å². The highest BCUT2D eigenvalue weighted by Gasteiger charge is 2.27. The molecule has 0 aromatic carbocycles. The number of thiophene rings is 1. The van der Waals surface area contributed by atoms with Gasteiger partial charge in [0, 0.05) is 4.47 Å². The molecule has 1 rings (SSSR count). The van der Waals surface area contributed by atoms with Gasteiger partial charge in [-0.25, -0.2) is 8.78 Å². The first-order valence-corrected chi connectivity index (χ1v) is 5.21. The van der Waals surface area contributed by atoms with Crippen LogP contribution in [0.25, 0.3) is 0 Å². The summed E-state index contributed by atoms with van der Waals surface area (Å²) in [7, 11) is 0. The lowest BCUT2D eigenvalue weighted by Gasteiger charge is -2.07. The number of halogens is 3. The molecule has 0 bridgehead atoms. The van der Waals surface area contributed by atoms with Crippen molar-refractivity contribution in [2.45, 2.75) is 19.3 Å². The zero-order chi connectivity index (χ0) is 10.1. The fourth-order valence-electron chi connectivity index (χ4n) is 0.855. The molecule has 0 atom stereocenters. The van der Waals surface area contributed by atoms with Crippen molar-refractivity contribution in [3.8, 4) is 0 Å². The number of carbonyl (C=O) groups excluding carboxylic acids is 1. The first-order chi connectivity index (χ1) is 5.90. The van der Waals surface area contributed by atoms with Crippen molar-refractivity contribution in [1.82, 2.24) is 0 Å². The second-order valence-corrected chi connectivity index (χ2v) is 4.54. The summed E-state index contributed by atoms with van der Waals surface area (Å²) < 4.78 is 25.5. The molecule has 13 heavy (non-hydrogen) atoms. The third-order valence-corrected chi connectivity index (χ3v) is 3.22. The summed E-state index contributed by atoms with van der Waals surface area (Å²) >= 11 is 4.29. The van der Waals surface area contributed by atoms with E-state index in [1.165, 1.54) is 11.3 Å². The summed E-state index contributed by atoms with van der Waals surface area (Å²) in [6.07, 6.45) is -0.730. The molecule has 1 aromatic rings. The maximum absolute atomic E-state index is 12.5. The van der Waals surface area contributed by atoms with Gasteiger partial charge < -0.3 is 0 Å². The molecule has 0 aliphatic heterocycles. The number of rotatable bonds is 3. The van der Waals surface area contributed by atoms with E-state index in [9.17, 15) is 13.6 Å². The van der Waals surface area contributed by atoms with E-state index in [0.717, 1.165) is 6.92 Å². The summed E-state index contributed by atoms with van der Waals surface area (Å²) in [5, 5.41) is 1.69. The Hall–Kier alpha value is -0.290. The van der Waals surface area contributed by atoms with E-state index in [4.69, 9.17) is 0 Å². The van der Waals surface area contributed by atoms with Crippen LogP contribution < -0.4 is 0 Å². The maximum atomic E-state index is 12.5. The molecule has 1 aromatic heterocycles. The zero-order valence-electron chi connectivity index (χ0n) is 6.81. The van der Waals surface area contributed by atoms with Gasteiger partial charge in [0.25, 0.3) is 5.92 Å². The molecule has 0 fully saturated rings. The van der Waals surface area contributed by atoms with Gasteiger partial charge >= 0.3 is 0 Å². The van der Waals surface area contributed by atoms with Crippen LogP contribution >= 0.6 is 27.3 Å². The normalized spacial score (nSPS) is 11.7. The molecule has 0 saturated carbocycles. The minimum absolute atomic E-state index is 0.363. The van der Waals surface area contributed by atoms with Gasteiger partial charge in [-0.05, 0) is 34.3 Å². The van der Waals surface area contributed by atoms with Gasteiger partial charge in [-0.15, -0.1) is 11.3 Å². The van der Waals surface area contributed by atoms with Gasteiger partial charge in [-0.2, -0.15) is 0 Å². The van der Waals surface area contributed by atoms with Crippen molar-refractivity contribution >= 4 is 33.0 Å². The van der Waals surface area contributed by atoms with Crippen molar-refractivity contribution in [2.75, 3.05) is 0 Å². The Morgan fingerprint density at radius 3 is 2.69 bits per heavy atom. The van der Waals surface area contributed by atoms with Crippen LogP contribution in [0.5, 0.6) is 0 Å². The monoisotopic (exact) mass is 268 g/mol. The van der Waals surface area contributed by atoms with Crippen molar-refractivity contribution in [3.05, 3.63) is 20.8 Å². The fraction of sp³-hybridized carbons (Fsp3) is 0.375. The van der Waals surface area contributed by atoms with Crippen LogP contribution in [0.3, 0.4) is 0 Å². The molecule has 0 spiro atoms. The van der Waals surface area contributed by atoms with E-state index in [1.54, 1.807) is 11.4 Å². The van der Waals surface area contributed by atoms with Crippen LogP contribution in [0, 0.1) is 0 Å². The van der Waals surface area contributed by atoms with Crippen molar-refractivity contribution in [1.29, 1.82) is 0 Å². The third-order valence-electron chi connectivity index (χ3n) is 1.34. The SMILES string of the molecule is CC(F)(F)CC(=O)c1sccc1Br. The number of ketones is 1. The number of alkyl halides is 2. The molecule has 0 radical (unpaired) electrons. The Kier molecular flexibility index (Phi) is 3.18. The number of Topliss-reactive ketones (excluding diaryl/α,β-unsaturated/α-hetero) is 1. The van der Waals surface area contributed by atoms with Gasteiger partial charge in [-0.1, -0.05) is 0 Å². The summed E-state index contributed by atoms with van der Waals surface area (Å²) in [5.41, 5.74) is 0. The summed E-state index contributed by atoms with van der Waals surface area (Å²) in [6, 6.07) is 1.67. The topological polar surface area (TPSA) is 17.1 Å². The Morgan fingerprint density at radius 1 is 1.69 bits per heavy atom. The smallest absolute Gasteiger partial charge is 0.252 e. The van der Waals surface area contributed by atoms with Crippen molar-refractivity contribution in [2.24, 2.45) is 0 Å². The first kappa shape index (κ1) is 10.8. The second-order valence-electron chi connectivity index (χ2n) is 2.77. The molecule has 0 saturated heterocycles. The molecular formula is C8H7BrF2OS. The summed E-state index contributed by atoms with van der Waals surface area (Å²) in [6.45, 7) is 0.742. The lowest BCUT2D eigenvalue weighted by Crippen LogP contribution is -2.15. The highest BCUT2D eigenvalue weighted by atomic mass is 79.9. The van der Waals surface area contributed by atoms with Gasteiger partial charge in [0.05, 0.1) is 11.3 Å². The van der Waals surface area contributed by atoms with E-state index in [1.807, 2.05) is 0 Å². The molecule has 1 heterocycles. The number of carbonyl (C=O) groups is 1. The average molecular weight is 269 g/mol. The molecule has 5 heteroatoms. The van der Waals surface area contributed by atoms with Crippen LogP contribution in [0.2, 0.25) is 0 Å². The zero-order valence-corrected chi connectivity index (χ0v) is 9.21.